The van der Waals surface area contributed by atoms with Gasteiger partial charge in [0, 0.05) is 5.41 Å². The first-order valence-electron chi connectivity index (χ1n) is 5.01. The van der Waals surface area contributed by atoms with Crippen LogP contribution in [0.25, 0.3) is 0 Å². The van der Waals surface area contributed by atoms with Gasteiger partial charge in [-0.05, 0) is 25.5 Å². The average molecular weight is 230 g/mol. The van der Waals surface area contributed by atoms with E-state index >= 15 is 0 Å². The fourth-order valence-electron chi connectivity index (χ4n) is 1.86. The van der Waals surface area contributed by atoms with Crippen molar-refractivity contribution >= 4 is 15.7 Å². The zero-order chi connectivity index (χ0) is 10.9. The highest BCUT2D eigenvalue weighted by atomic mass is 32.2. The molecule has 1 saturated heterocycles. The standard InChI is InChI=1S/C9H14N2O3S/c12-9(8-2-1-4-10-8)11-7-3-5-15(13,14)6-7/h3,5,7-8,10H,1-2,4,6H2,(H,11,12). The highest BCUT2D eigenvalue weighted by Crippen LogP contribution is 2.10. The molecule has 0 aliphatic carbocycles. The summed E-state index contributed by atoms with van der Waals surface area (Å²) in [6.45, 7) is 0.858. The van der Waals surface area contributed by atoms with Gasteiger partial charge in [0.25, 0.3) is 0 Å². The maximum atomic E-state index is 11.6. The zero-order valence-electron chi connectivity index (χ0n) is 8.27. The summed E-state index contributed by atoms with van der Waals surface area (Å²) in [5.74, 6) is -0.106. The Labute approximate surface area is 88.8 Å². The minimum absolute atomic E-state index is 0.00847. The average Bonchev–Trinajstić information content (AvgIpc) is 2.74. The van der Waals surface area contributed by atoms with Crippen LogP contribution in [0, 0.1) is 0 Å². The van der Waals surface area contributed by atoms with Gasteiger partial charge in [0.2, 0.25) is 5.91 Å². The van der Waals surface area contributed by atoms with Crippen LogP contribution in [0.2, 0.25) is 0 Å². The Morgan fingerprint density at radius 2 is 2.27 bits per heavy atom. The van der Waals surface area contributed by atoms with E-state index in [-0.39, 0.29) is 23.7 Å². The van der Waals surface area contributed by atoms with Crippen LogP contribution in [0.3, 0.4) is 0 Å². The molecule has 6 heteroatoms. The molecule has 1 fully saturated rings. The van der Waals surface area contributed by atoms with Gasteiger partial charge in [-0.2, -0.15) is 0 Å². The van der Waals surface area contributed by atoms with Gasteiger partial charge >= 0.3 is 0 Å². The molecule has 2 N–H and O–H groups in total. The number of sulfone groups is 1. The monoisotopic (exact) mass is 230 g/mol. The SMILES string of the molecule is O=C(NC1C=CS(=O)(=O)C1)C1CCCN1. The van der Waals surface area contributed by atoms with Gasteiger partial charge in [-0.3, -0.25) is 4.79 Å². The lowest BCUT2D eigenvalue weighted by Gasteiger charge is -2.14. The van der Waals surface area contributed by atoms with Crippen LogP contribution < -0.4 is 10.6 Å². The topological polar surface area (TPSA) is 75.3 Å². The van der Waals surface area contributed by atoms with Crippen LogP contribution in [0.1, 0.15) is 12.8 Å². The van der Waals surface area contributed by atoms with Gasteiger partial charge in [0.05, 0.1) is 17.8 Å². The predicted molar refractivity (Wildman–Crippen MR) is 55.9 cm³/mol. The van der Waals surface area contributed by atoms with Crippen molar-refractivity contribution in [2.75, 3.05) is 12.3 Å². The number of hydrogen-bond donors (Lipinski definition) is 2. The smallest absolute Gasteiger partial charge is 0.237 e. The van der Waals surface area contributed by atoms with Gasteiger partial charge in [-0.1, -0.05) is 0 Å². The lowest BCUT2D eigenvalue weighted by molar-refractivity contribution is -0.123. The number of amides is 1. The highest BCUT2D eigenvalue weighted by Gasteiger charge is 2.27. The molecule has 2 heterocycles. The van der Waals surface area contributed by atoms with Crippen LogP contribution in [-0.4, -0.2) is 38.7 Å². The van der Waals surface area contributed by atoms with Crippen molar-refractivity contribution in [2.45, 2.75) is 24.9 Å². The third-order valence-corrected chi connectivity index (χ3v) is 4.03. The summed E-state index contributed by atoms with van der Waals surface area (Å²) in [6.07, 6.45) is 3.36. The Bertz CT molecular complexity index is 382. The molecule has 5 nitrogen and oxygen atoms in total. The van der Waals surface area contributed by atoms with Crippen LogP contribution in [0.15, 0.2) is 11.5 Å². The van der Waals surface area contributed by atoms with E-state index in [1.165, 1.54) is 11.5 Å². The summed E-state index contributed by atoms with van der Waals surface area (Å²) in [6, 6.07) is -0.508. The Morgan fingerprint density at radius 3 is 2.80 bits per heavy atom. The van der Waals surface area contributed by atoms with Crippen molar-refractivity contribution in [1.82, 2.24) is 10.6 Å². The molecule has 0 bridgehead atoms. The molecule has 0 aromatic rings. The van der Waals surface area contributed by atoms with E-state index in [0.29, 0.717) is 0 Å². The number of rotatable bonds is 2. The van der Waals surface area contributed by atoms with Gasteiger partial charge in [0.1, 0.15) is 0 Å². The predicted octanol–water partition coefficient (Wildman–Crippen LogP) is -0.835. The quantitative estimate of drug-likeness (QED) is 0.649. The van der Waals surface area contributed by atoms with Crippen molar-refractivity contribution in [3.63, 3.8) is 0 Å². The van der Waals surface area contributed by atoms with E-state index in [0.717, 1.165) is 19.4 Å². The van der Waals surface area contributed by atoms with Crippen LogP contribution in [0.5, 0.6) is 0 Å². The summed E-state index contributed by atoms with van der Waals surface area (Å²) >= 11 is 0. The van der Waals surface area contributed by atoms with E-state index in [2.05, 4.69) is 10.6 Å². The van der Waals surface area contributed by atoms with Crippen molar-refractivity contribution in [3.05, 3.63) is 11.5 Å². The first kappa shape index (κ1) is 10.6. The molecule has 84 valence electrons. The summed E-state index contributed by atoms with van der Waals surface area (Å²) in [5.41, 5.74) is 0. The van der Waals surface area contributed by atoms with Crippen molar-refractivity contribution < 1.29 is 13.2 Å². The normalized spacial score (nSPS) is 33.1. The first-order valence-corrected chi connectivity index (χ1v) is 6.73. The Morgan fingerprint density at radius 1 is 1.47 bits per heavy atom. The maximum Gasteiger partial charge on any atom is 0.237 e. The van der Waals surface area contributed by atoms with E-state index in [1.54, 1.807) is 0 Å². The Balaban J connectivity index is 1.88. The number of hydrogen-bond acceptors (Lipinski definition) is 4. The van der Waals surface area contributed by atoms with Gasteiger partial charge in [-0.25, -0.2) is 8.42 Å². The molecular weight excluding hydrogens is 216 g/mol. The van der Waals surface area contributed by atoms with E-state index in [1.807, 2.05) is 0 Å². The largest absolute Gasteiger partial charge is 0.347 e. The molecule has 0 aromatic heterocycles. The molecule has 2 aliphatic heterocycles. The van der Waals surface area contributed by atoms with Crippen LogP contribution >= 0.6 is 0 Å². The molecule has 2 rings (SSSR count). The lowest BCUT2D eigenvalue weighted by Crippen LogP contribution is -2.45. The van der Waals surface area contributed by atoms with Crippen molar-refractivity contribution in [2.24, 2.45) is 0 Å². The van der Waals surface area contributed by atoms with Gasteiger partial charge in [-0.15, -0.1) is 0 Å². The molecular formula is C9H14N2O3S. The first-order chi connectivity index (χ1) is 7.07. The van der Waals surface area contributed by atoms with E-state index in [9.17, 15) is 13.2 Å². The number of carbonyl (C=O) groups is 1. The summed E-state index contributed by atoms with van der Waals surface area (Å²) in [5, 5.41) is 6.94. The van der Waals surface area contributed by atoms with E-state index < -0.39 is 9.84 Å². The summed E-state index contributed by atoms with van der Waals surface area (Å²) < 4.78 is 22.2. The number of carbonyl (C=O) groups excluding carboxylic acids is 1. The van der Waals surface area contributed by atoms with Gasteiger partial charge in [0.15, 0.2) is 9.84 Å². The fourth-order valence-corrected chi connectivity index (χ4v) is 3.09. The molecule has 0 saturated carbocycles. The van der Waals surface area contributed by atoms with Crippen LogP contribution in [-0.2, 0) is 14.6 Å². The van der Waals surface area contributed by atoms with Crippen LogP contribution in [0.4, 0.5) is 0 Å². The second-order valence-corrected chi connectivity index (χ2v) is 5.85. The molecule has 0 radical (unpaired) electrons. The second kappa shape index (κ2) is 3.94. The summed E-state index contributed by atoms with van der Waals surface area (Å²) in [4.78, 5) is 11.6. The van der Waals surface area contributed by atoms with Gasteiger partial charge < -0.3 is 10.6 Å². The molecule has 2 aliphatic rings. The highest BCUT2D eigenvalue weighted by molar-refractivity contribution is 7.94. The Kier molecular flexibility index (Phi) is 2.79. The van der Waals surface area contributed by atoms with E-state index in [4.69, 9.17) is 0 Å². The molecule has 1 amide bonds. The molecule has 0 aromatic carbocycles. The lowest BCUT2D eigenvalue weighted by atomic mass is 10.2. The number of nitrogens with one attached hydrogen (secondary N) is 2. The molecule has 2 atom stereocenters. The maximum absolute atomic E-state index is 11.6. The third kappa shape index (κ3) is 2.57. The molecule has 0 spiro atoms. The van der Waals surface area contributed by atoms with Crippen molar-refractivity contribution in [1.29, 1.82) is 0 Å². The van der Waals surface area contributed by atoms with Crippen molar-refractivity contribution in [3.8, 4) is 0 Å². The summed E-state index contributed by atoms with van der Waals surface area (Å²) in [7, 11) is -3.08. The minimum Gasteiger partial charge on any atom is -0.347 e. The molecule has 2 unspecified atom stereocenters. The second-order valence-electron chi connectivity index (χ2n) is 3.92. The molecule has 15 heavy (non-hydrogen) atoms. The Hall–Kier alpha value is -0.880. The minimum atomic E-state index is -3.08. The fraction of sp³-hybridized carbons (Fsp3) is 0.667. The third-order valence-electron chi connectivity index (χ3n) is 2.63. The zero-order valence-corrected chi connectivity index (χ0v) is 9.09.